The van der Waals surface area contributed by atoms with Crippen molar-refractivity contribution in [2.75, 3.05) is 32.7 Å². The van der Waals surface area contributed by atoms with Crippen LogP contribution < -0.4 is 20.9 Å². The number of methoxy groups -OCH3 is 1. The average molecular weight is 353 g/mol. The lowest BCUT2D eigenvalue weighted by atomic mass is 9.79. The topological polar surface area (TPSA) is 108 Å². The van der Waals surface area contributed by atoms with Crippen LogP contribution in [0.1, 0.15) is 29.5 Å². The molecule has 7 nitrogen and oxygen atoms in total. The van der Waals surface area contributed by atoms with Crippen molar-refractivity contribution < 1.29 is 9.47 Å². The van der Waals surface area contributed by atoms with Gasteiger partial charge in [-0.25, -0.2) is 0 Å². The summed E-state index contributed by atoms with van der Waals surface area (Å²) in [5.74, 6) is 2.14. The fourth-order valence-corrected chi connectivity index (χ4v) is 3.39. The quantitative estimate of drug-likeness (QED) is 0.822. The van der Waals surface area contributed by atoms with Gasteiger partial charge in [0.25, 0.3) is 0 Å². The number of nitrogens with two attached hydrogens (primary N) is 2. The van der Waals surface area contributed by atoms with E-state index in [1.54, 1.807) is 27.4 Å². The van der Waals surface area contributed by atoms with E-state index in [0.717, 1.165) is 16.9 Å². The summed E-state index contributed by atoms with van der Waals surface area (Å²) in [5, 5.41) is 0. The van der Waals surface area contributed by atoms with Crippen LogP contribution in [0.3, 0.4) is 0 Å². The second-order valence-electron chi connectivity index (χ2n) is 6.18. The summed E-state index contributed by atoms with van der Waals surface area (Å²) in [4.78, 5) is 12.7. The fourth-order valence-electron chi connectivity index (χ4n) is 3.39. The number of benzene rings is 1. The maximum absolute atomic E-state index is 6.48. The Morgan fingerprint density at radius 1 is 1.27 bits per heavy atom. The maximum atomic E-state index is 6.48. The summed E-state index contributed by atoms with van der Waals surface area (Å²) in [5.41, 5.74) is 15.4. The molecule has 0 amide bonds. The zero-order valence-electron chi connectivity index (χ0n) is 15.4. The summed E-state index contributed by atoms with van der Waals surface area (Å²) in [6.45, 7) is 2.08. The van der Waals surface area contributed by atoms with Crippen LogP contribution in [0.4, 0.5) is 11.5 Å². The number of nitrogens with zero attached hydrogens (tertiary/aromatic N) is 3. The van der Waals surface area contributed by atoms with Gasteiger partial charge in [0.1, 0.15) is 17.3 Å². The molecule has 2 unspecified atom stereocenters. The van der Waals surface area contributed by atoms with Crippen molar-refractivity contribution >= 4 is 23.9 Å². The summed E-state index contributed by atoms with van der Waals surface area (Å²) in [7, 11) is 5.06. The highest BCUT2D eigenvalue weighted by Crippen LogP contribution is 2.50. The number of pyridine rings is 1. The molecule has 0 saturated heterocycles. The average Bonchev–Trinajstić information content (AvgIpc) is 2.63. The van der Waals surface area contributed by atoms with Crippen molar-refractivity contribution in [1.82, 2.24) is 4.98 Å². The Kier molecular flexibility index (Phi) is 4.79. The van der Waals surface area contributed by atoms with Crippen LogP contribution in [-0.4, -0.2) is 38.6 Å². The van der Waals surface area contributed by atoms with E-state index in [9.17, 15) is 0 Å². The first-order valence-corrected chi connectivity index (χ1v) is 8.30. The van der Waals surface area contributed by atoms with E-state index in [0.29, 0.717) is 28.7 Å². The Morgan fingerprint density at radius 2 is 2.04 bits per heavy atom. The minimum Gasteiger partial charge on any atom is -0.497 e. The molecule has 136 valence electrons. The van der Waals surface area contributed by atoms with Gasteiger partial charge >= 0.3 is 0 Å². The van der Waals surface area contributed by atoms with Crippen LogP contribution in [0.15, 0.2) is 28.2 Å². The first kappa shape index (κ1) is 17.7. The molecule has 1 aliphatic rings. The third kappa shape index (κ3) is 2.85. The summed E-state index contributed by atoms with van der Waals surface area (Å²) in [6.07, 6.45) is 3.51. The lowest BCUT2D eigenvalue weighted by Crippen LogP contribution is -2.22. The van der Waals surface area contributed by atoms with Crippen LogP contribution in [0.25, 0.3) is 0 Å². The molecular weight excluding hydrogens is 330 g/mol. The van der Waals surface area contributed by atoms with Crippen molar-refractivity contribution in [2.24, 2.45) is 15.9 Å². The van der Waals surface area contributed by atoms with Crippen LogP contribution >= 0.6 is 0 Å². The molecule has 0 aliphatic carbocycles. The minimum absolute atomic E-state index is 0.0626. The monoisotopic (exact) mass is 353 g/mol. The molecule has 0 radical (unpaired) electrons. The van der Waals surface area contributed by atoms with E-state index in [1.807, 2.05) is 24.4 Å². The lowest BCUT2D eigenvalue weighted by Gasteiger charge is -2.32. The number of rotatable bonds is 4. The Balaban J connectivity index is 2.29. The zero-order chi connectivity index (χ0) is 18.8. The normalized spacial score (nSPS) is 17.0. The molecule has 4 N–H and O–H groups in total. The zero-order valence-corrected chi connectivity index (χ0v) is 15.4. The van der Waals surface area contributed by atoms with E-state index in [4.69, 9.17) is 20.9 Å². The minimum atomic E-state index is -0.0929. The van der Waals surface area contributed by atoms with Gasteiger partial charge in [0.15, 0.2) is 0 Å². The van der Waals surface area contributed by atoms with Crippen LogP contribution in [-0.2, 0) is 0 Å². The summed E-state index contributed by atoms with van der Waals surface area (Å²) in [6, 6.07) is 5.69. The molecule has 0 bridgehead atoms. The number of aliphatic imine (C=N–C) groups is 2. The third-order valence-corrected chi connectivity index (χ3v) is 4.55. The first-order chi connectivity index (χ1) is 12.5. The van der Waals surface area contributed by atoms with Gasteiger partial charge in [0.05, 0.1) is 18.4 Å². The van der Waals surface area contributed by atoms with Crippen molar-refractivity contribution in [3.8, 4) is 17.4 Å². The van der Waals surface area contributed by atoms with Crippen molar-refractivity contribution in [1.29, 1.82) is 0 Å². The molecule has 0 fully saturated rings. The fraction of sp³-hybridized carbons (Fsp3) is 0.316. The molecule has 1 aromatic carbocycles. The lowest BCUT2D eigenvalue weighted by molar-refractivity contribution is 0.400. The van der Waals surface area contributed by atoms with E-state index < -0.39 is 0 Å². The third-order valence-electron chi connectivity index (χ3n) is 4.55. The predicted molar refractivity (Wildman–Crippen MR) is 105 cm³/mol. The number of hydrogen-bond donors (Lipinski definition) is 2. The van der Waals surface area contributed by atoms with E-state index in [2.05, 4.69) is 21.9 Å². The van der Waals surface area contributed by atoms with E-state index in [1.165, 1.54) is 0 Å². The number of nitrogen functional groups attached to an aromatic ring is 2. The van der Waals surface area contributed by atoms with Crippen LogP contribution in [0.2, 0.25) is 0 Å². The van der Waals surface area contributed by atoms with Gasteiger partial charge in [-0.3, -0.25) is 4.99 Å². The van der Waals surface area contributed by atoms with Crippen molar-refractivity contribution in [3.63, 3.8) is 0 Å². The Labute approximate surface area is 152 Å². The van der Waals surface area contributed by atoms with Crippen LogP contribution in [0, 0.1) is 5.92 Å². The molecule has 1 aromatic heterocycles. The smallest absolute Gasteiger partial charge is 0.227 e. The number of fused-ring (bicyclic) bond motifs is 2. The van der Waals surface area contributed by atoms with Gasteiger partial charge in [-0.2, -0.15) is 4.98 Å². The van der Waals surface area contributed by atoms with Gasteiger partial charge in [-0.1, -0.05) is 6.92 Å². The number of anilines is 2. The number of ether oxygens (including phenoxy) is 2. The van der Waals surface area contributed by atoms with Crippen molar-refractivity contribution in [2.45, 2.75) is 12.8 Å². The molecule has 7 heteroatoms. The summed E-state index contributed by atoms with van der Waals surface area (Å²) < 4.78 is 11.4. The van der Waals surface area contributed by atoms with Gasteiger partial charge in [-0.15, -0.1) is 0 Å². The first-order valence-electron chi connectivity index (χ1n) is 8.30. The second-order valence-corrected chi connectivity index (χ2v) is 6.18. The van der Waals surface area contributed by atoms with Gasteiger partial charge in [-0.05, 0) is 18.2 Å². The Hall–Kier alpha value is -3.09. The molecule has 0 saturated carbocycles. The largest absolute Gasteiger partial charge is 0.497 e. The molecular formula is C19H23N5O2. The highest BCUT2D eigenvalue weighted by molar-refractivity contribution is 5.94. The predicted octanol–water partition coefficient (Wildman–Crippen LogP) is 2.88. The number of aromatic nitrogens is 1. The van der Waals surface area contributed by atoms with Crippen LogP contribution in [0.5, 0.6) is 17.4 Å². The maximum Gasteiger partial charge on any atom is 0.227 e. The second kappa shape index (κ2) is 7.03. The standard InChI is InChI=1S/C19H23N5O2/c1-10(8-22-2)15-12-7-11(25-4)5-6-14(12)26-19-16(15)17(20)13(9-23-3)18(21)24-19/h5-10,15H,1-4H3,(H4,20,21,24). The molecule has 0 spiro atoms. The molecule has 2 heterocycles. The molecule has 26 heavy (non-hydrogen) atoms. The highest BCUT2D eigenvalue weighted by Gasteiger charge is 2.35. The van der Waals surface area contributed by atoms with Gasteiger partial charge in [0, 0.05) is 49.5 Å². The number of hydrogen-bond acceptors (Lipinski definition) is 7. The van der Waals surface area contributed by atoms with Gasteiger partial charge in [0.2, 0.25) is 5.88 Å². The highest BCUT2D eigenvalue weighted by atomic mass is 16.5. The SMILES string of the molecule is CN=Cc1c(N)nc2c(c1N)C(C(C)C=NC)c1cc(OC)ccc1O2. The molecule has 2 aromatic rings. The molecule has 3 rings (SSSR count). The molecule has 2 atom stereocenters. The van der Waals surface area contributed by atoms with E-state index >= 15 is 0 Å². The Bertz CT molecular complexity index is 892. The van der Waals surface area contributed by atoms with Crippen molar-refractivity contribution in [3.05, 3.63) is 34.9 Å². The molecule has 1 aliphatic heterocycles. The van der Waals surface area contributed by atoms with Gasteiger partial charge < -0.3 is 25.9 Å². The summed E-state index contributed by atoms with van der Waals surface area (Å²) >= 11 is 0. The van der Waals surface area contributed by atoms with E-state index in [-0.39, 0.29) is 11.8 Å². The Morgan fingerprint density at radius 3 is 2.69 bits per heavy atom.